The molecule has 0 atom stereocenters. The fourth-order valence-electron chi connectivity index (χ4n) is 3.63. The number of alkyl halides is 3. The molecular weight excluding hydrogens is 335 g/mol. The van der Waals surface area contributed by atoms with Gasteiger partial charge < -0.3 is 9.64 Å². The number of anilines is 1. The molecule has 0 saturated carbocycles. The van der Waals surface area contributed by atoms with Crippen molar-refractivity contribution in [2.45, 2.75) is 32.4 Å². The molecule has 2 fully saturated rings. The standard InChI is InChI=1S/C17H18F3N3O2/c1-11-8-13(17(18,19)20)12(9-21)15(22-11)23-5-2-14(24)16(10-23)3-6-25-7-4-16/h8H,2-7,10H2,1H3. The van der Waals surface area contributed by atoms with Crippen LogP contribution in [0.3, 0.4) is 0 Å². The highest BCUT2D eigenvalue weighted by atomic mass is 19.4. The summed E-state index contributed by atoms with van der Waals surface area (Å²) in [4.78, 5) is 18.3. The van der Waals surface area contributed by atoms with E-state index in [0.717, 1.165) is 6.07 Å². The van der Waals surface area contributed by atoms with Gasteiger partial charge in [0.25, 0.3) is 0 Å². The Hall–Kier alpha value is -2.14. The smallest absolute Gasteiger partial charge is 0.381 e. The van der Waals surface area contributed by atoms with E-state index < -0.39 is 22.7 Å². The molecule has 134 valence electrons. The molecule has 0 aliphatic carbocycles. The summed E-state index contributed by atoms with van der Waals surface area (Å²) < 4.78 is 45.2. The number of aromatic nitrogens is 1. The van der Waals surface area contributed by atoms with Gasteiger partial charge in [0.15, 0.2) is 0 Å². The lowest BCUT2D eigenvalue weighted by Crippen LogP contribution is -2.52. The zero-order chi connectivity index (χ0) is 18.2. The molecule has 2 aliphatic rings. The summed E-state index contributed by atoms with van der Waals surface area (Å²) in [5.74, 6) is 0.141. The van der Waals surface area contributed by atoms with Crippen LogP contribution in [-0.4, -0.2) is 37.1 Å². The molecule has 0 amide bonds. The average molecular weight is 353 g/mol. The maximum Gasteiger partial charge on any atom is 0.417 e. The van der Waals surface area contributed by atoms with Crippen LogP contribution in [0.5, 0.6) is 0 Å². The van der Waals surface area contributed by atoms with Gasteiger partial charge in [-0.25, -0.2) is 4.98 Å². The van der Waals surface area contributed by atoms with Crippen LogP contribution >= 0.6 is 0 Å². The molecule has 25 heavy (non-hydrogen) atoms. The summed E-state index contributed by atoms with van der Waals surface area (Å²) in [6.45, 7) is 2.93. The number of pyridine rings is 1. The summed E-state index contributed by atoms with van der Waals surface area (Å²) in [5, 5.41) is 9.33. The first-order chi connectivity index (χ1) is 11.8. The van der Waals surface area contributed by atoms with Crippen molar-refractivity contribution in [3.8, 4) is 6.07 Å². The number of halogens is 3. The minimum atomic E-state index is -4.63. The maximum atomic E-state index is 13.3. The van der Waals surface area contributed by atoms with E-state index in [2.05, 4.69) is 4.98 Å². The van der Waals surface area contributed by atoms with Crippen LogP contribution < -0.4 is 4.90 Å². The lowest BCUT2D eigenvalue weighted by molar-refractivity contribution is -0.138. The molecule has 1 spiro atoms. The van der Waals surface area contributed by atoms with E-state index in [0.29, 0.717) is 26.1 Å². The summed E-state index contributed by atoms with van der Waals surface area (Å²) in [7, 11) is 0. The van der Waals surface area contributed by atoms with Crippen LogP contribution in [0.15, 0.2) is 6.07 Å². The summed E-state index contributed by atoms with van der Waals surface area (Å²) in [6, 6.07) is 2.55. The Morgan fingerprint density at radius 1 is 1.36 bits per heavy atom. The van der Waals surface area contributed by atoms with Crippen LogP contribution in [0, 0.1) is 23.7 Å². The second-order valence-electron chi connectivity index (χ2n) is 6.61. The first-order valence-corrected chi connectivity index (χ1v) is 8.12. The number of hydrogen-bond donors (Lipinski definition) is 0. The van der Waals surface area contributed by atoms with E-state index in [1.807, 2.05) is 0 Å². The summed E-state index contributed by atoms with van der Waals surface area (Å²) in [6.07, 6.45) is -3.30. The molecule has 2 aliphatic heterocycles. The van der Waals surface area contributed by atoms with E-state index in [1.165, 1.54) is 6.92 Å². The molecule has 3 heterocycles. The quantitative estimate of drug-likeness (QED) is 0.777. The van der Waals surface area contributed by atoms with Gasteiger partial charge in [-0.05, 0) is 25.8 Å². The second kappa shape index (κ2) is 6.30. The van der Waals surface area contributed by atoms with E-state index in [-0.39, 0.29) is 36.8 Å². The number of carbonyl (C=O) groups is 1. The van der Waals surface area contributed by atoms with Crippen LogP contribution in [-0.2, 0) is 15.7 Å². The monoisotopic (exact) mass is 353 g/mol. The highest BCUT2D eigenvalue weighted by Crippen LogP contribution is 2.41. The fourth-order valence-corrected chi connectivity index (χ4v) is 3.63. The maximum absolute atomic E-state index is 13.3. The molecule has 2 saturated heterocycles. The minimum absolute atomic E-state index is 0.0215. The number of ketones is 1. The first-order valence-electron chi connectivity index (χ1n) is 8.12. The van der Waals surface area contributed by atoms with Crippen LogP contribution in [0.2, 0.25) is 0 Å². The minimum Gasteiger partial charge on any atom is -0.381 e. The van der Waals surface area contributed by atoms with Gasteiger partial charge in [0.05, 0.1) is 11.0 Å². The van der Waals surface area contributed by atoms with Crippen LogP contribution in [0.25, 0.3) is 0 Å². The molecule has 0 bridgehead atoms. The number of Topliss-reactive ketones (excluding diaryl/α,β-unsaturated/α-hetero) is 1. The number of hydrogen-bond acceptors (Lipinski definition) is 5. The Labute approximate surface area is 143 Å². The number of carbonyl (C=O) groups excluding carboxylic acids is 1. The van der Waals surface area contributed by atoms with E-state index in [9.17, 15) is 23.2 Å². The number of piperidine rings is 1. The molecule has 0 unspecified atom stereocenters. The zero-order valence-electron chi connectivity index (χ0n) is 13.8. The lowest BCUT2D eigenvalue weighted by Gasteiger charge is -2.44. The molecular formula is C17H18F3N3O2. The fraction of sp³-hybridized carbons (Fsp3) is 0.588. The molecule has 5 nitrogen and oxygen atoms in total. The third-order valence-electron chi connectivity index (χ3n) is 4.99. The summed E-state index contributed by atoms with van der Waals surface area (Å²) in [5.41, 5.74) is -1.88. The van der Waals surface area contributed by atoms with Crippen molar-refractivity contribution in [2.24, 2.45) is 5.41 Å². The van der Waals surface area contributed by atoms with Gasteiger partial charge in [0.2, 0.25) is 0 Å². The van der Waals surface area contributed by atoms with Crippen LogP contribution in [0.4, 0.5) is 19.0 Å². The normalized spacial score (nSPS) is 20.6. The van der Waals surface area contributed by atoms with E-state index >= 15 is 0 Å². The Balaban J connectivity index is 2.03. The number of ether oxygens (including phenoxy) is 1. The third kappa shape index (κ3) is 3.21. The Morgan fingerprint density at radius 2 is 2.04 bits per heavy atom. The van der Waals surface area contributed by atoms with E-state index in [4.69, 9.17) is 4.74 Å². The Kier molecular flexibility index (Phi) is 4.45. The largest absolute Gasteiger partial charge is 0.417 e. The van der Waals surface area contributed by atoms with Gasteiger partial charge in [-0.3, -0.25) is 4.79 Å². The molecule has 8 heteroatoms. The SMILES string of the molecule is Cc1cc(C(F)(F)F)c(C#N)c(N2CCC(=O)C3(CCOCC3)C2)n1. The first kappa shape index (κ1) is 17.7. The van der Waals surface area contributed by atoms with Crippen molar-refractivity contribution in [1.82, 2.24) is 4.98 Å². The Bertz CT molecular complexity index is 734. The molecule has 1 aromatic rings. The van der Waals surface area contributed by atoms with E-state index in [1.54, 1.807) is 11.0 Å². The van der Waals surface area contributed by atoms with Gasteiger partial charge in [-0.2, -0.15) is 18.4 Å². The van der Waals surface area contributed by atoms with Gasteiger partial charge in [-0.15, -0.1) is 0 Å². The van der Waals surface area contributed by atoms with Crippen molar-refractivity contribution in [2.75, 3.05) is 31.2 Å². The second-order valence-corrected chi connectivity index (χ2v) is 6.61. The van der Waals surface area contributed by atoms with Gasteiger partial charge >= 0.3 is 6.18 Å². The average Bonchev–Trinajstić information content (AvgIpc) is 2.57. The van der Waals surface area contributed by atoms with Crippen molar-refractivity contribution in [1.29, 1.82) is 5.26 Å². The Morgan fingerprint density at radius 3 is 2.64 bits per heavy atom. The van der Waals surface area contributed by atoms with Crippen molar-refractivity contribution >= 4 is 11.6 Å². The highest BCUT2D eigenvalue weighted by Gasteiger charge is 2.45. The summed E-state index contributed by atoms with van der Waals surface area (Å²) >= 11 is 0. The molecule has 1 aromatic heterocycles. The lowest BCUT2D eigenvalue weighted by atomic mass is 9.73. The molecule has 0 aromatic carbocycles. The van der Waals surface area contributed by atoms with Crippen molar-refractivity contribution < 1.29 is 22.7 Å². The van der Waals surface area contributed by atoms with Crippen LogP contribution in [0.1, 0.15) is 36.1 Å². The number of nitriles is 1. The van der Waals surface area contributed by atoms with Crippen molar-refractivity contribution in [3.05, 3.63) is 22.9 Å². The predicted molar refractivity (Wildman–Crippen MR) is 83.0 cm³/mol. The molecule has 0 radical (unpaired) electrons. The zero-order valence-corrected chi connectivity index (χ0v) is 13.8. The third-order valence-corrected chi connectivity index (χ3v) is 4.99. The number of nitrogens with zero attached hydrogens (tertiary/aromatic N) is 3. The molecule has 0 N–H and O–H groups in total. The highest BCUT2D eigenvalue weighted by molar-refractivity contribution is 5.87. The number of rotatable bonds is 1. The van der Waals surface area contributed by atoms with Gasteiger partial charge in [-0.1, -0.05) is 0 Å². The molecule has 3 rings (SSSR count). The van der Waals surface area contributed by atoms with Gasteiger partial charge in [0, 0.05) is 38.4 Å². The van der Waals surface area contributed by atoms with Gasteiger partial charge in [0.1, 0.15) is 23.2 Å². The van der Waals surface area contributed by atoms with Crippen molar-refractivity contribution in [3.63, 3.8) is 0 Å². The number of aryl methyl sites for hydroxylation is 1. The topological polar surface area (TPSA) is 66.2 Å². The predicted octanol–water partition coefficient (Wildman–Crippen LogP) is 2.86.